The summed E-state index contributed by atoms with van der Waals surface area (Å²) in [6.45, 7) is 6.85. The first-order valence-electron chi connectivity index (χ1n) is 8.69. The fraction of sp³-hybridized carbons (Fsp3) is 0.429. The monoisotopic (exact) mass is 324 g/mol. The summed E-state index contributed by atoms with van der Waals surface area (Å²) in [4.78, 5) is 0. The summed E-state index contributed by atoms with van der Waals surface area (Å²) in [6, 6.07) is 10.1. The van der Waals surface area contributed by atoms with Crippen molar-refractivity contribution in [3.8, 4) is 17.2 Å². The number of hydrogen-bond donors (Lipinski definition) is 1. The highest BCUT2D eigenvalue weighted by molar-refractivity contribution is 5.53. The second kappa shape index (κ2) is 5.44. The van der Waals surface area contributed by atoms with Crippen molar-refractivity contribution in [3.05, 3.63) is 52.6 Å². The zero-order valence-electron chi connectivity index (χ0n) is 14.6. The third-order valence-corrected chi connectivity index (χ3v) is 5.18. The van der Waals surface area contributed by atoms with E-state index in [9.17, 15) is 5.11 Å². The lowest BCUT2D eigenvalue weighted by molar-refractivity contribution is 0.0826. The average molecular weight is 324 g/mol. The van der Waals surface area contributed by atoms with Crippen molar-refractivity contribution in [2.45, 2.75) is 51.6 Å². The fourth-order valence-electron chi connectivity index (χ4n) is 3.81. The molecule has 2 aliphatic rings. The molecule has 4 rings (SSSR count). The number of aromatic hydroxyl groups is 1. The summed E-state index contributed by atoms with van der Waals surface area (Å²) in [5.41, 5.74) is 4.36. The molecule has 2 heterocycles. The maximum atomic E-state index is 10.3. The quantitative estimate of drug-likeness (QED) is 0.838. The zero-order chi connectivity index (χ0) is 16.9. The van der Waals surface area contributed by atoms with Gasteiger partial charge in [-0.3, -0.25) is 0 Å². The first kappa shape index (κ1) is 15.4. The van der Waals surface area contributed by atoms with Crippen LogP contribution >= 0.6 is 0 Å². The van der Waals surface area contributed by atoms with Gasteiger partial charge in [-0.25, -0.2) is 0 Å². The third-order valence-electron chi connectivity index (χ3n) is 5.18. The van der Waals surface area contributed by atoms with Crippen molar-refractivity contribution in [3.63, 3.8) is 0 Å². The summed E-state index contributed by atoms with van der Waals surface area (Å²) >= 11 is 0. The molecule has 0 aromatic heterocycles. The Labute approximate surface area is 143 Å². The molecular formula is C21H24O3. The zero-order valence-corrected chi connectivity index (χ0v) is 14.6. The van der Waals surface area contributed by atoms with Gasteiger partial charge in [0.1, 0.15) is 22.8 Å². The highest BCUT2D eigenvalue weighted by Crippen LogP contribution is 2.44. The minimum absolute atomic E-state index is 0.105. The smallest absolute Gasteiger partial charge is 0.129 e. The van der Waals surface area contributed by atoms with E-state index in [1.54, 1.807) is 0 Å². The highest BCUT2D eigenvalue weighted by atomic mass is 16.5. The van der Waals surface area contributed by atoms with Crippen LogP contribution in [0.1, 0.15) is 48.4 Å². The largest absolute Gasteiger partial charge is 0.508 e. The summed E-state index contributed by atoms with van der Waals surface area (Å²) in [7, 11) is 0. The number of phenolic OH excluding ortho intramolecular Hbond substituents is 1. The second-order valence-electron chi connectivity index (χ2n) is 7.67. The van der Waals surface area contributed by atoms with Gasteiger partial charge in [0.05, 0.1) is 6.61 Å². The minimum atomic E-state index is -0.105. The van der Waals surface area contributed by atoms with E-state index in [1.807, 2.05) is 25.1 Å². The van der Waals surface area contributed by atoms with E-state index in [0.717, 1.165) is 41.9 Å². The molecule has 0 aliphatic carbocycles. The molecule has 0 amide bonds. The van der Waals surface area contributed by atoms with Gasteiger partial charge in [0.15, 0.2) is 0 Å². The SMILES string of the molecule is Cc1ccc([C@@H]2COc3c(ccc4c3CCC(C)(C)O4)C2)c(O)c1. The van der Waals surface area contributed by atoms with Gasteiger partial charge in [-0.2, -0.15) is 0 Å². The molecule has 3 nitrogen and oxygen atoms in total. The van der Waals surface area contributed by atoms with Gasteiger partial charge in [0, 0.05) is 17.0 Å². The molecular weight excluding hydrogens is 300 g/mol. The fourth-order valence-corrected chi connectivity index (χ4v) is 3.81. The predicted molar refractivity (Wildman–Crippen MR) is 94.3 cm³/mol. The van der Waals surface area contributed by atoms with Crippen LogP contribution in [0, 0.1) is 6.92 Å². The van der Waals surface area contributed by atoms with Crippen molar-refractivity contribution in [2.24, 2.45) is 0 Å². The predicted octanol–water partition coefficient (Wildman–Crippen LogP) is 4.52. The van der Waals surface area contributed by atoms with Gasteiger partial charge in [-0.05, 0) is 63.3 Å². The Morgan fingerprint density at radius 1 is 1.17 bits per heavy atom. The molecule has 2 aliphatic heterocycles. The van der Waals surface area contributed by atoms with E-state index in [0.29, 0.717) is 12.4 Å². The molecule has 2 aromatic carbocycles. The normalized spacial score (nSPS) is 21.2. The molecule has 0 radical (unpaired) electrons. The summed E-state index contributed by atoms with van der Waals surface area (Å²) < 4.78 is 12.3. The van der Waals surface area contributed by atoms with Crippen LogP contribution in [-0.4, -0.2) is 17.3 Å². The molecule has 1 N–H and O–H groups in total. The maximum Gasteiger partial charge on any atom is 0.129 e. The Hall–Kier alpha value is -2.16. The van der Waals surface area contributed by atoms with Crippen LogP contribution < -0.4 is 9.47 Å². The molecule has 0 spiro atoms. The Bertz CT molecular complexity index is 792. The molecule has 2 aromatic rings. The van der Waals surface area contributed by atoms with E-state index in [4.69, 9.17) is 9.47 Å². The number of phenols is 1. The summed E-state index contributed by atoms with van der Waals surface area (Å²) in [5.74, 6) is 2.53. The summed E-state index contributed by atoms with van der Waals surface area (Å²) in [6.07, 6.45) is 2.89. The summed E-state index contributed by atoms with van der Waals surface area (Å²) in [5, 5.41) is 10.3. The maximum absolute atomic E-state index is 10.3. The number of ether oxygens (including phenoxy) is 2. The van der Waals surface area contributed by atoms with E-state index >= 15 is 0 Å². The van der Waals surface area contributed by atoms with Crippen LogP contribution in [0.25, 0.3) is 0 Å². The van der Waals surface area contributed by atoms with Crippen molar-refractivity contribution in [1.29, 1.82) is 0 Å². The van der Waals surface area contributed by atoms with Gasteiger partial charge < -0.3 is 14.6 Å². The Morgan fingerprint density at radius 2 is 2.00 bits per heavy atom. The van der Waals surface area contributed by atoms with Crippen molar-refractivity contribution in [1.82, 2.24) is 0 Å². The van der Waals surface area contributed by atoms with Crippen molar-refractivity contribution >= 4 is 0 Å². The lowest BCUT2D eigenvalue weighted by atomic mass is 9.86. The first-order chi connectivity index (χ1) is 11.4. The van der Waals surface area contributed by atoms with Crippen LogP contribution in [0.2, 0.25) is 0 Å². The van der Waals surface area contributed by atoms with Crippen LogP contribution in [-0.2, 0) is 12.8 Å². The standard InChI is InChI=1S/C21H24O3/c1-13-4-6-16(18(22)10-13)15-11-14-5-7-19-17(20(14)23-12-15)8-9-21(2,3)24-19/h4-7,10,15,22H,8-9,11-12H2,1-3H3/t15-/m0/s1. The van der Waals surface area contributed by atoms with Crippen molar-refractivity contribution in [2.75, 3.05) is 6.61 Å². The van der Waals surface area contributed by atoms with Gasteiger partial charge in [0.2, 0.25) is 0 Å². The Kier molecular flexibility index (Phi) is 3.48. The van der Waals surface area contributed by atoms with E-state index in [2.05, 4.69) is 26.0 Å². The van der Waals surface area contributed by atoms with Gasteiger partial charge in [0.25, 0.3) is 0 Å². The number of benzene rings is 2. The van der Waals surface area contributed by atoms with E-state index in [1.165, 1.54) is 11.1 Å². The lowest BCUT2D eigenvalue weighted by Crippen LogP contribution is -2.33. The van der Waals surface area contributed by atoms with Crippen LogP contribution in [0.3, 0.4) is 0 Å². The number of rotatable bonds is 1. The molecule has 3 heteroatoms. The van der Waals surface area contributed by atoms with E-state index in [-0.39, 0.29) is 11.5 Å². The van der Waals surface area contributed by atoms with Gasteiger partial charge in [-0.15, -0.1) is 0 Å². The van der Waals surface area contributed by atoms with Crippen molar-refractivity contribution < 1.29 is 14.6 Å². The molecule has 0 bridgehead atoms. The van der Waals surface area contributed by atoms with Crippen LogP contribution in [0.4, 0.5) is 0 Å². The topological polar surface area (TPSA) is 38.7 Å². The number of aryl methyl sites for hydroxylation is 1. The van der Waals surface area contributed by atoms with Gasteiger partial charge in [-0.1, -0.05) is 18.2 Å². The lowest BCUT2D eigenvalue weighted by Gasteiger charge is -2.35. The Morgan fingerprint density at radius 3 is 2.79 bits per heavy atom. The van der Waals surface area contributed by atoms with Crippen LogP contribution in [0.5, 0.6) is 17.2 Å². The molecule has 1 atom stereocenters. The van der Waals surface area contributed by atoms with Gasteiger partial charge >= 0.3 is 0 Å². The molecule has 0 saturated carbocycles. The second-order valence-corrected chi connectivity index (χ2v) is 7.67. The number of hydrogen-bond acceptors (Lipinski definition) is 3. The minimum Gasteiger partial charge on any atom is -0.508 e. The highest BCUT2D eigenvalue weighted by Gasteiger charge is 2.32. The molecule has 0 fully saturated rings. The molecule has 24 heavy (non-hydrogen) atoms. The first-order valence-corrected chi connectivity index (χ1v) is 8.69. The number of fused-ring (bicyclic) bond motifs is 3. The van der Waals surface area contributed by atoms with Crippen LogP contribution in [0.15, 0.2) is 30.3 Å². The average Bonchev–Trinajstić information content (AvgIpc) is 2.53. The molecule has 0 unspecified atom stereocenters. The molecule has 126 valence electrons. The third kappa shape index (κ3) is 2.62. The Balaban J connectivity index is 1.65. The van der Waals surface area contributed by atoms with E-state index < -0.39 is 0 Å². The molecule has 0 saturated heterocycles.